The van der Waals surface area contributed by atoms with Crippen molar-refractivity contribution in [2.24, 2.45) is 53.3 Å². The first-order chi connectivity index (χ1) is 21.3. The van der Waals surface area contributed by atoms with Gasteiger partial charge in [-0.1, -0.05) is 20.1 Å². The minimum atomic E-state index is -0.625. The van der Waals surface area contributed by atoms with Gasteiger partial charge < -0.3 is 14.6 Å². The zero-order valence-electron chi connectivity index (χ0n) is 26.3. The third-order valence-electron chi connectivity index (χ3n) is 11.8. The summed E-state index contributed by atoms with van der Waals surface area (Å²) >= 11 is 0. The molecule has 12 unspecified atom stereocenters. The van der Waals surface area contributed by atoms with Crippen molar-refractivity contribution in [2.75, 3.05) is 13.2 Å². The van der Waals surface area contributed by atoms with Crippen LogP contribution in [-0.2, 0) is 38.2 Å². The van der Waals surface area contributed by atoms with Crippen LogP contribution in [0.2, 0.25) is 0 Å². The second kappa shape index (κ2) is 11.8. The fourth-order valence-corrected chi connectivity index (χ4v) is 10.0. The normalized spacial score (nSPS) is 39.6. The number of imide groups is 2. The molecule has 11 heteroatoms. The molecule has 244 valence electrons. The summed E-state index contributed by atoms with van der Waals surface area (Å²) in [5, 5.41) is 9.76. The second-order valence-corrected chi connectivity index (χ2v) is 14.7. The Hall–Kier alpha value is -3.34. The summed E-state index contributed by atoms with van der Waals surface area (Å²) in [7, 11) is 0. The van der Waals surface area contributed by atoms with E-state index in [4.69, 9.17) is 9.47 Å². The molecule has 12 atom stereocenters. The fraction of sp³-hybridized carbons (Fsp3) is 0.706. The van der Waals surface area contributed by atoms with Crippen molar-refractivity contribution in [3.8, 4) is 0 Å². The zero-order chi connectivity index (χ0) is 32.5. The third kappa shape index (κ3) is 5.34. The number of carbonyl (C=O) groups is 6. The van der Waals surface area contributed by atoms with E-state index in [0.717, 1.165) is 38.0 Å². The van der Waals surface area contributed by atoms with Gasteiger partial charge in [-0.2, -0.15) is 0 Å². The van der Waals surface area contributed by atoms with Gasteiger partial charge in [-0.25, -0.2) is 9.59 Å². The SMILES string of the molecule is C=C(C)C(=O)OCC(=O)N1C(=O)C2C3CC(C4CC(C)CC43)C21.C=C(C)C(=O)OCC(=O)N1C(=O)C2CC3CC(O)CC3CC21. The van der Waals surface area contributed by atoms with Crippen LogP contribution in [0.5, 0.6) is 0 Å². The second-order valence-electron chi connectivity index (χ2n) is 14.7. The Balaban J connectivity index is 0.000000159. The van der Waals surface area contributed by atoms with Crippen LogP contribution < -0.4 is 0 Å². The van der Waals surface area contributed by atoms with Crippen molar-refractivity contribution < 1.29 is 43.3 Å². The first kappa shape index (κ1) is 31.6. The molecule has 0 aromatic carbocycles. The average molecular weight is 625 g/mol. The van der Waals surface area contributed by atoms with Crippen LogP contribution in [0.3, 0.4) is 0 Å². The van der Waals surface area contributed by atoms with Crippen molar-refractivity contribution in [1.29, 1.82) is 0 Å². The van der Waals surface area contributed by atoms with E-state index in [1.165, 1.54) is 36.5 Å². The number of carbonyl (C=O) groups excluding carboxylic acids is 6. The summed E-state index contributed by atoms with van der Waals surface area (Å²) in [5.74, 6) is 1.54. The van der Waals surface area contributed by atoms with E-state index in [1.807, 2.05) is 0 Å². The van der Waals surface area contributed by atoms with Crippen LogP contribution in [-0.4, -0.2) is 81.9 Å². The molecule has 4 amide bonds. The molecular formula is C34H44N2O9. The highest BCUT2D eigenvalue weighted by atomic mass is 16.5. The number of ether oxygens (including phenoxy) is 2. The summed E-state index contributed by atoms with van der Waals surface area (Å²) in [6, 6.07) is -0.0230. The minimum Gasteiger partial charge on any atom is -0.452 e. The molecule has 1 N–H and O–H groups in total. The van der Waals surface area contributed by atoms with E-state index in [0.29, 0.717) is 35.5 Å². The van der Waals surface area contributed by atoms with Gasteiger partial charge in [-0.05, 0) is 100 Å². The van der Waals surface area contributed by atoms with Crippen LogP contribution in [0.15, 0.2) is 24.3 Å². The smallest absolute Gasteiger partial charge is 0.333 e. The maximum atomic E-state index is 12.5. The van der Waals surface area contributed by atoms with Gasteiger partial charge in [0, 0.05) is 11.1 Å². The number of likely N-dealkylation sites (tertiary alicyclic amines) is 2. The molecular weight excluding hydrogens is 580 g/mol. The van der Waals surface area contributed by atoms with E-state index >= 15 is 0 Å². The van der Waals surface area contributed by atoms with Crippen molar-refractivity contribution >= 4 is 35.6 Å². The lowest BCUT2D eigenvalue weighted by atomic mass is 9.67. The summed E-state index contributed by atoms with van der Waals surface area (Å²) < 4.78 is 9.75. The number of esters is 2. The Kier molecular flexibility index (Phi) is 8.29. The molecule has 0 aromatic heterocycles. The third-order valence-corrected chi connectivity index (χ3v) is 11.8. The number of rotatable bonds is 6. The van der Waals surface area contributed by atoms with Crippen LogP contribution in [0.1, 0.15) is 65.7 Å². The van der Waals surface area contributed by atoms with Crippen LogP contribution >= 0.6 is 0 Å². The van der Waals surface area contributed by atoms with E-state index in [1.54, 1.807) is 0 Å². The summed E-state index contributed by atoms with van der Waals surface area (Å²) in [5.41, 5.74) is 0.481. The molecule has 2 heterocycles. The number of fused-ring (bicyclic) bond motifs is 10. The van der Waals surface area contributed by atoms with Gasteiger partial charge in [-0.15, -0.1) is 0 Å². The molecule has 2 bridgehead atoms. The molecule has 5 aliphatic carbocycles. The largest absolute Gasteiger partial charge is 0.452 e. The molecule has 45 heavy (non-hydrogen) atoms. The quantitative estimate of drug-likeness (QED) is 0.267. The predicted molar refractivity (Wildman–Crippen MR) is 158 cm³/mol. The number of amides is 4. The van der Waals surface area contributed by atoms with E-state index in [9.17, 15) is 33.9 Å². The van der Waals surface area contributed by atoms with E-state index < -0.39 is 24.5 Å². The molecule has 7 fully saturated rings. The molecule has 0 spiro atoms. The van der Waals surface area contributed by atoms with E-state index in [2.05, 4.69) is 20.1 Å². The predicted octanol–water partition coefficient (Wildman–Crippen LogP) is 2.41. The number of aliphatic hydroxyl groups excluding tert-OH is 1. The molecule has 11 nitrogen and oxygen atoms in total. The van der Waals surface area contributed by atoms with Crippen molar-refractivity contribution in [2.45, 2.75) is 83.9 Å². The zero-order valence-corrected chi connectivity index (χ0v) is 26.3. The Labute approximate surface area is 263 Å². The fourth-order valence-electron chi connectivity index (χ4n) is 10.0. The monoisotopic (exact) mass is 624 g/mol. The first-order valence-electron chi connectivity index (χ1n) is 16.3. The molecule has 2 saturated heterocycles. The van der Waals surface area contributed by atoms with Gasteiger partial charge in [0.1, 0.15) is 0 Å². The Bertz CT molecular complexity index is 1360. The molecule has 7 rings (SSSR count). The van der Waals surface area contributed by atoms with Gasteiger partial charge in [0.2, 0.25) is 11.8 Å². The Morgan fingerprint density at radius 3 is 1.84 bits per heavy atom. The molecule has 2 aliphatic heterocycles. The maximum absolute atomic E-state index is 12.5. The van der Waals surface area contributed by atoms with Gasteiger partial charge >= 0.3 is 11.9 Å². The highest BCUT2D eigenvalue weighted by Gasteiger charge is 2.70. The molecule has 0 radical (unpaired) electrons. The number of nitrogens with zero attached hydrogens (tertiary/aromatic N) is 2. The topological polar surface area (TPSA) is 148 Å². The molecule has 7 aliphatic rings. The molecule has 5 saturated carbocycles. The van der Waals surface area contributed by atoms with Crippen molar-refractivity contribution in [1.82, 2.24) is 9.80 Å². The minimum absolute atomic E-state index is 0.0446. The highest BCUT2D eigenvalue weighted by Crippen LogP contribution is 2.66. The van der Waals surface area contributed by atoms with E-state index in [-0.39, 0.29) is 65.5 Å². The van der Waals surface area contributed by atoms with Crippen molar-refractivity contribution in [3.63, 3.8) is 0 Å². The van der Waals surface area contributed by atoms with Gasteiger partial charge in [0.15, 0.2) is 13.2 Å². The number of aliphatic hydroxyl groups is 1. The van der Waals surface area contributed by atoms with Crippen LogP contribution in [0, 0.1) is 53.3 Å². The average Bonchev–Trinajstić information content (AvgIpc) is 3.72. The van der Waals surface area contributed by atoms with Crippen LogP contribution in [0.4, 0.5) is 0 Å². The highest BCUT2D eigenvalue weighted by molar-refractivity contribution is 6.04. The standard InChI is InChI=1S/C18H23NO4.C16H21NO5/c1-8(2)18(22)23-7-14(20)19-16-13-6-12(15(16)17(19)21)10-4-9(3)5-11(10)13;1-8(2)16(21)22-7-14(19)17-13-6-10-4-11(18)3-9(10)5-12(13)15(17)20/h9-13,15-16H,1,4-7H2,2-3H3;9-13,18H,1,3-7H2,2H3. The Morgan fingerprint density at radius 1 is 0.733 bits per heavy atom. The van der Waals surface area contributed by atoms with Gasteiger partial charge in [0.05, 0.1) is 30.0 Å². The van der Waals surface area contributed by atoms with Crippen LogP contribution in [0.25, 0.3) is 0 Å². The van der Waals surface area contributed by atoms with Gasteiger partial charge in [0.25, 0.3) is 11.8 Å². The number of β-lactam (4-membered cyclic amide) rings is 2. The van der Waals surface area contributed by atoms with Crippen molar-refractivity contribution in [3.05, 3.63) is 24.3 Å². The Morgan fingerprint density at radius 2 is 1.27 bits per heavy atom. The summed E-state index contributed by atoms with van der Waals surface area (Å²) in [6.07, 6.45) is 6.35. The lowest BCUT2D eigenvalue weighted by Crippen LogP contribution is -2.67. The first-order valence-corrected chi connectivity index (χ1v) is 16.3. The summed E-state index contributed by atoms with van der Waals surface area (Å²) in [4.78, 5) is 74.5. The number of hydrogen-bond donors (Lipinski definition) is 1. The maximum Gasteiger partial charge on any atom is 0.333 e. The molecule has 0 aromatic rings. The number of hydrogen-bond acceptors (Lipinski definition) is 9. The lowest BCUT2D eigenvalue weighted by Gasteiger charge is -2.51. The van der Waals surface area contributed by atoms with Gasteiger partial charge in [-0.3, -0.25) is 29.0 Å². The lowest BCUT2D eigenvalue weighted by molar-refractivity contribution is -0.177. The summed E-state index contributed by atoms with van der Waals surface area (Å²) in [6.45, 7) is 11.5.